The summed E-state index contributed by atoms with van der Waals surface area (Å²) < 4.78 is 36.1. The molecular weight excluding hydrogens is 505 g/mol. The standard InChI is InChI=1S/C21H24INO5S/c1-2-27-19-7-3-16(4-8-19)13-23(18-11-12-29(25,26)15-18)21(24)14-28-20-9-5-17(22)6-10-20/h3-10,18H,2,11-15H2,1H3. The van der Waals surface area contributed by atoms with Crippen LogP contribution < -0.4 is 9.47 Å². The third-order valence-electron chi connectivity index (χ3n) is 4.73. The van der Waals surface area contributed by atoms with E-state index in [0.717, 1.165) is 14.9 Å². The minimum absolute atomic E-state index is 0.000693. The highest BCUT2D eigenvalue weighted by atomic mass is 127. The molecule has 0 spiro atoms. The first kappa shape index (κ1) is 21.9. The van der Waals surface area contributed by atoms with Crippen LogP contribution in [0.3, 0.4) is 0 Å². The summed E-state index contributed by atoms with van der Waals surface area (Å²) in [5, 5.41) is 0. The van der Waals surface area contributed by atoms with E-state index in [1.54, 1.807) is 4.90 Å². The van der Waals surface area contributed by atoms with Crippen molar-refractivity contribution in [2.24, 2.45) is 0 Å². The first-order valence-corrected chi connectivity index (χ1v) is 12.4. The Kier molecular flexibility index (Phi) is 7.39. The summed E-state index contributed by atoms with van der Waals surface area (Å²) in [6.45, 7) is 2.71. The van der Waals surface area contributed by atoms with Gasteiger partial charge in [0.2, 0.25) is 0 Å². The molecule has 1 saturated heterocycles. The van der Waals surface area contributed by atoms with Gasteiger partial charge in [0, 0.05) is 16.2 Å². The van der Waals surface area contributed by atoms with E-state index in [-0.39, 0.29) is 30.1 Å². The van der Waals surface area contributed by atoms with Crippen molar-refractivity contribution in [3.05, 3.63) is 57.7 Å². The zero-order valence-corrected chi connectivity index (χ0v) is 19.2. The third kappa shape index (κ3) is 6.33. The predicted octanol–water partition coefficient (Wildman–Crippen LogP) is 3.28. The number of hydrogen-bond acceptors (Lipinski definition) is 5. The zero-order valence-electron chi connectivity index (χ0n) is 16.2. The Hall–Kier alpha value is -1.81. The highest BCUT2D eigenvalue weighted by Gasteiger charge is 2.34. The molecule has 1 aliphatic rings. The molecule has 6 nitrogen and oxygen atoms in total. The number of rotatable bonds is 8. The van der Waals surface area contributed by atoms with E-state index in [2.05, 4.69) is 22.6 Å². The maximum absolute atomic E-state index is 12.9. The molecule has 0 aromatic heterocycles. The van der Waals surface area contributed by atoms with Crippen LogP contribution in [-0.2, 0) is 21.2 Å². The predicted molar refractivity (Wildman–Crippen MR) is 120 cm³/mol. The molecule has 1 aliphatic heterocycles. The van der Waals surface area contributed by atoms with Gasteiger partial charge in [-0.15, -0.1) is 0 Å². The SMILES string of the molecule is CCOc1ccc(CN(C(=O)COc2ccc(I)cc2)C2CCS(=O)(=O)C2)cc1. The highest BCUT2D eigenvalue weighted by molar-refractivity contribution is 14.1. The number of benzene rings is 2. The Balaban J connectivity index is 1.71. The van der Waals surface area contributed by atoms with Crippen LogP contribution in [0.15, 0.2) is 48.5 Å². The van der Waals surface area contributed by atoms with Crippen molar-refractivity contribution in [3.8, 4) is 11.5 Å². The van der Waals surface area contributed by atoms with Gasteiger partial charge in [-0.05, 0) is 77.9 Å². The second-order valence-corrected chi connectivity index (χ2v) is 10.4. The molecule has 8 heteroatoms. The topological polar surface area (TPSA) is 72.9 Å². The average Bonchev–Trinajstić information content (AvgIpc) is 3.06. The summed E-state index contributed by atoms with van der Waals surface area (Å²) in [6, 6.07) is 14.6. The molecule has 2 aromatic rings. The normalized spacial score (nSPS) is 17.7. The maximum atomic E-state index is 12.9. The van der Waals surface area contributed by atoms with Gasteiger partial charge >= 0.3 is 0 Å². The van der Waals surface area contributed by atoms with Crippen LogP contribution >= 0.6 is 22.6 Å². The van der Waals surface area contributed by atoms with Gasteiger partial charge in [0.15, 0.2) is 16.4 Å². The lowest BCUT2D eigenvalue weighted by molar-refractivity contribution is -0.136. The van der Waals surface area contributed by atoms with Crippen molar-refractivity contribution in [2.45, 2.75) is 25.9 Å². The van der Waals surface area contributed by atoms with Crippen molar-refractivity contribution in [1.29, 1.82) is 0 Å². The molecule has 1 amide bonds. The van der Waals surface area contributed by atoms with Gasteiger partial charge in [0.1, 0.15) is 11.5 Å². The van der Waals surface area contributed by atoms with E-state index in [1.807, 2.05) is 55.5 Å². The van der Waals surface area contributed by atoms with Gasteiger partial charge in [-0.3, -0.25) is 4.79 Å². The van der Waals surface area contributed by atoms with Crippen molar-refractivity contribution in [1.82, 2.24) is 4.90 Å². The van der Waals surface area contributed by atoms with E-state index < -0.39 is 9.84 Å². The van der Waals surface area contributed by atoms with Crippen LogP contribution in [-0.4, -0.2) is 50.0 Å². The zero-order chi connectivity index (χ0) is 20.9. The van der Waals surface area contributed by atoms with Crippen molar-refractivity contribution < 1.29 is 22.7 Å². The average molecular weight is 529 g/mol. The quantitative estimate of drug-likeness (QED) is 0.491. The Labute approximate surface area is 185 Å². The van der Waals surface area contributed by atoms with Gasteiger partial charge in [-0.25, -0.2) is 8.42 Å². The Morgan fingerprint density at radius 2 is 1.69 bits per heavy atom. The molecular formula is C21H24INO5S. The molecule has 0 N–H and O–H groups in total. The number of amides is 1. The Bertz CT molecular complexity index is 929. The van der Waals surface area contributed by atoms with Gasteiger partial charge in [0.25, 0.3) is 5.91 Å². The number of nitrogens with zero attached hydrogens (tertiary/aromatic N) is 1. The Morgan fingerprint density at radius 1 is 1.07 bits per heavy atom. The monoisotopic (exact) mass is 529 g/mol. The molecule has 156 valence electrons. The molecule has 2 aromatic carbocycles. The lowest BCUT2D eigenvalue weighted by Crippen LogP contribution is -2.43. The van der Waals surface area contributed by atoms with Gasteiger partial charge < -0.3 is 14.4 Å². The van der Waals surface area contributed by atoms with E-state index in [1.165, 1.54) is 0 Å². The lowest BCUT2D eigenvalue weighted by Gasteiger charge is -2.28. The third-order valence-corrected chi connectivity index (χ3v) is 7.20. The van der Waals surface area contributed by atoms with Crippen LogP contribution in [0, 0.1) is 3.57 Å². The molecule has 1 fully saturated rings. The fourth-order valence-corrected chi connectivity index (χ4v) is 5.35. The van der Waals surface area contributed by atoms with E-state index in [9.17, 15) is 13.2 Å². The number of ether oxygens (including phenoxy) is 2. The summed E-state index contributed by atoms with van der Waals surface area (Å²) in [4.78, 5) is 14.6. The van der Waals surface area contributed by atoms with Crippen molar-refractivity contribution in [2.75, 3.05) is 24.7 Å². The van der Waals surface area contributed by atoms with Crippen molar-refractivity contribution in [3.63, 3.8) is 0 Å². The number of sulfone groups is 1. The van der Waals surface area contributed by atoms with Gasteiger partial charge in [-0.1, -0.05) is 12.1 Å². The molecule has 0 aliphatic carbocycles. The van der Waals surface area contributed by atoms with Crippen LogP contribution in [0.5, 0.6) is 11.5 Å². The van der Waals surface area contributed by atoms with E-state index >= 15 is 0 Å². The van der Waals surface area contributed by atoms with Crippen molar-refractivity contribution >= 4 is 38.3 Å². The summed E-state index contributed by atoms with van der Waals surface area (Å²) >= 11 is 2.20. The molecule has 3 rings (SSSR count). The summed E-state index contributed by atoms with van der Waals surface area (Å²) in [6.07, 6.45) is 0.453. The van der Waals surface area contributed by atoms with Crippen LogP contribution in [0.4, 0.5) is 0 Å². The Morgan fingerprint density at radius 3 is 2.28 bits per heavy atom. The largest absolute Gasteiger partial charge is 0.494 e. The maximum Gasteiger partial charge on any atom is 0.261 e. The van der Waals surface area contributed by atoms with Gasteiger partial charge in [0.05, 0.1) is 18.1 Å². The lowest BCUT2D eigenvalue weighted by atomic mass is 10.1. The fourth-order valence-electron chi connectivity index (χ4n) is 3.26. The molecule has 29 heavy (non-hydrogen) atoms. The first-order valence-electron chi connectivity index (χ1n) is 9.46. The number of carbonyl (C=O) groups is 1. The van der Waals surface area contributed by atoms with E-state index in [4.69, 9.17) is 9.47 Å². The second kappa shape index (κ2) is 9.80. The molecule has 1 heterocycles. The second-order valence-electron chi connectivity index (χ2n) is 6.90. The van der Waals surface area contributed by atoms with Gasteiger partial charge in [-0.2, -0.15) is 0 Å². The molecule has 0 radical (unpaired) electrons. The summed E-state index contributed by atoms with van der Waals surface area (Å²) in [7, 11) is -3.11. The molecule has 0 bridgehead atoms. The van der Waals surface area contributed by atoms with E-state index in [0.29, 0.717) is 25.3 Å². The minimum Gasteiger partial charge on any atom is -0.494 e. The van der Waals surface area contributed by atoms with Crippen LogP contribution in [0.2, 0.25) is 0 Å². The number of carbonyl (C=O) groups excluding carboxylic acids is 1. The number of halogens is 1. The molecule has 1 atom stereocenters. The van der Waals surface area contributed by atoms with Crippen LogP contribution in [0.1, 0.15) is 18.9 Å². The summed E-state index contributed by atoms with van der Waals surface area (Å²) in [5.41, 5.74) is 0.917. The molecule has 1 unspecified atom stereocenters. The highest BCUT2D eigenvalue weighted by Crippen LogP contribution is 2.22. The summed E-state index contributed by atoms with van der Waals surface area (Å²) in [5.74, 6) is 1.26. The van der Waals surface area contributed by atoms with Crippen LogP contribution in [0.25, 0.3) is 0 Å². The minimum atomic E-state index is -3.11. The molecule has 0 saturated carbocycles. The smallest absolute Gasteiger partial charge is 0.261 e. The fraction of sp³-hybridized carbons (Fsp3) is 0.381. The number of hydrogen-bond donors (Lipinski definition) is 0. The first-order chi connectivity index (χ1) is 13.9.